The van der Waals surface area contributed by atoms with Crippen molar-refractivity contribution in [3.05, 3.63) is 0 Å². The van der Waals surface area contributed by atoms with Gasteiger partial charge < -0.3 is 10.2 Å². The van der Waals surface area contributed by atoms with Gasteiger partial charge in [-0.3, -0.25) is 0 Å². The Hall–Kier alpha value is -0.0800. The van der Waals surface area contributed by atoms with Crippen molar-refractivity contribution in [2.45, 2.75) is 52.1 Å². The summed E-state index contributed by atoms with van der Waals surface area (Å²) in [6, 6.07) is 0. The number of rotatable bonds is 2. The van der Waals surface area contributed by atoms with Crippen LogP contribution in [-0.4, -0.2) is 22.4 Å². The lowest BCUT2D eigenvalue weighted by Crippen LogP contribution is -2.49. The van der Waals surface area contributed by atoms with Gasteiger partial charge in [0.15, 0.2) is 0 Å². The Morgan fingerprint density at radius 3 is 2.38 bits per heavy atom. The lowest BCUT2D eigenvalue weighted by molar-refractivity contribution is -0.112. The summed E-state index contributed by atoms with van der Waals surface area (Å²) in [6.45, 7) is 5.96. The minimum Gasteiger partial charge on any atom is -0.396 e. The molecule has 0 spiro atoms. The van der Waals surface area contributed by atoms with Gasteiger partial charge in [0.05, 0.1) is 12.2 Å². The van der Waals surface area contributed by atoms with Crippen LogP contribution in [-0.2, 0) is 0 Å². The molecule has 0 aromatic rings. The summed E-state index contributed by atoms with van der Waals surface area (Å²) in [4.78, 5) is 0. The van der Waals surface area contributed by atoms with Crippen LogP contribution in [0.5, 0.6) is 0 Å². The predicted molar refractivity (Wildman–Crippen MR) is 53.4 cm³/mol. The molecule has 0 saturated heterocycles. The summed E-state index contributed by atoms with van der Waals surface area (Å²) < 4.78 is 0. The van der Waals surface area contributed by atoms with Crippen molar-refractivity contribution in [3.8, 4) is 0 Å². The summed E-state index contributed by atoms with van der Waals surface area (Å²) >= 11 is 0. The molecule has 2 unspecified atom stereocenters. The van der Waals surface area contributed by atoms with E-state index in [1.165, 1.54) is 6.42 Å². The van der Waals surface area contributed by atoms with Crippen LogP contribution in [0, 0.1) is 11.3 Å². The third-order valence-corrected chi connectivity index (χ3v) is 3.69. The summed E-state index contributed by atoms with van der Waals surface area (Å²) in [5, 5.41) is 19.5. The third kappa shape index (κ3) is 2.05. The molecule has 1 saturated carbocycles. The van der Waals surface area contributed by atoms with E-state index >= 15 is 0 Å². The molecule has 0 radical (unpaired) electrons. The van der Waals surface area contributed by atoms with E-state index in [1.54, 1.807) is 0 Å². The van der Waals surface area contributed by atoms with Crippen molar-refractivity contribution in [1.29, 1.82) is 0 Å². The van der Waals surface area contributed by atoms with E-state index in [2.05, 4.69) is 6.92 Å². The van der Waals surface area contributed by atoms with E-state index < -0.39 is 5.60 Å². The van der Waals surface area contributed by atoms with Crippen LogP contribution in [0.15, 0.2) is 0 Å². The van der Waals surface area contributed by atoms with Crippen LogP contribution in [0.3, 0.4) is 0 Å². The van der Waals surface area contributed by atoms with Crippen LogP contribution in [0.25, 0.3) is 0 Å². The fourth-order valence-corrected chi connectivity index (χ4v) is 2.55. The maximum atomic E-state index is 10.1. The zero-order valence-electron chi connectivity index (χ0n) is 9.01. The highest BCUT2D eigenvalue weighted by Crippen LogP contribution is 2.46. The molecular weight excluding hydrogens is 164 g/mol. The molecule has 0 aromatic carbocycles. The van der Waals surface area contributed by atoms with Crippen LogP contribution in [0.1, 0.15) is 46.5 Å². The fourth-order valence-electron chi connectivity index (χ4n) is 2.55. The van der Waals surface area contributed by atoms with Crippen molar-refractivity contribution >= 4 is 0 Å². The second-order valence-corrected chi connectivity index (χ2v) is 5.20. The lowest BCUT2D eigenvalue weighted by atomic mass is 9.62. The van der Waals surface area contributed by atoms with E-state index in [0.717, 1.165) is 19.3 Å². The summed E-state index contributed by atoms with van der Waals surface area (Å²) in [5.41, 5.74) is -1.01. The second kappa shape index (κ2) is 3.58. The van der Waals surface area contributed by atoms with Crippen molar-refractivity contribution in [2.24, 2.45) is 11.3 Å². The van der Waals surface area contributed by atoms with Gasteiger partial charge in [-0.1, -0.05) is 19.8 Å². The van der Waals surface area contributed by atoms with E-state index in [1.807, 2.05) is 13.8 Å². The van der Waals surface area contributed by atoms with Crippen LogP contribution < -0.4 is 0 Å². The van der Waals surface area contributed by atoms with Crippen LogP contribution >= 0.6 is 0 Å². The molecule has 2 N–H and O–H groups in total. The fraction of sp³-hybridized carbons (Fsp3) is 1.00. The third-order valence-electron chi connectivity index (χ3n) is 3.69. The van der Waals surface area contributed by atoms with Crippen molar-refractivity contribution in [3.63, 3.8) is 0 Å². The molecule has 13 heavy (non-hydrogen) atoms. The van der Waals surface area contributed by atoms with Gasteiger partial charge in [0.1, 0.15) is 0 Å². The molecular formula is C11H22O2. The smallest absolute Gasteiger partial charge is 0.0669 e. The Morgan fingerprint density at radius 1 is 1.46 bits per heavy atom. The van der Waals surface area contributed by atoms with Gasteiger partial charge in [-0.05, 0) is 32.6 Å². The van der Waals surface area contributed by atoms with E-state index in [0.29, 0.717) is 5.92 Å². The van der Waals surface area contributed by atoms with Crippen molar-refractivity contribution in [1.82, 2.24) is 0 Å². The lowest BCUT2D eigenvalue weighted by Gasteiger charge is -2.47. The van der Waals surface area contributed by atoms with Gasteiger partial charge >= 0.3 is 0 Å². The van der Waals surface area contributed by atoms with E-state index in [9.17, 15) is 10.2 Å². The van der Waals surface area contributed by atoms with E-state index in [-0.39, 0.29) is 12.0 Å². The zero-order chi connectivity index (χ0) is 10.1. The zero-order valence-corrected chi connectivity index (χ0v) is 9.01. The van der Waals surface area contributed by atoms with Crippen LogP contribution in [0.4, 0.5) is 0 Å². The molecule has 1 aliphatic carbocycles. The Labute approximate surface area is 81.0 Å². The first kappa shape index (κ1) is 11.0. The molecule has 0 amide bonds. The number of aliphatic hydroxyl groups is 2. The minimum atomic E-state index is -0.754. The molecule has 1 rings (SSSR count). The molecule has 2 nitrogen and oxygen atoms in total. The molecule has 0 aromatic heterocycles. The molecule has 2 heteroatoms. The van der Waals surface area contributed by atoms with Crippen molar-refractivity contribution < 1.29 is 10.2 Å². The molecule has 0 aliphatic heterocycles. The molecule has 78 valence electrons. The maximum Gasteiger partial charge on any atom is 0.0669 e. The Bertz CT molecular complexity index is 171. The largest absolute Gasteiger partial charge is 0.396 e. The standard InChI is InChI=1S/C11H22O2/c1-9-5-4-6-11(7-9,8-12)10(2,3)13/h9,12-13H,4-8H2,1-3H3. The minimum absolute atomic E-state index is 0.112. The maximum absolute atomic E-state index is 10.1. The molecule has 0 heterocycles. The Morgan fingerprint density at radius 2 is 2.08 bits per heavy atom. The topological polar surface area (TPSA) is 40.5 Å². The average Bonchev–Trinajstić information content (AvgIpc) is 2.02. The summed E-state index contributed by atoms with van der Waals surface area (Å²) in [6.07, 6.45) is 4.27. The highest BCUT2D eigenvalue weighted by molar-refractivity contribution is 4.96. The molecule has 2 atom stereocenters. The highest BCUT2D eigenvalue weighted by atomic mass is 16.3. The van der Waals surface area contributed by atoms with Crippen LogP contribution in [0.2, 0.25) is 0 Å². The van der Waals surface area contributed by atoms with E-state index in [4.69, 9.17) is 0 Å². The Kier molecular flexibility index (Phi) is 3.03. The number of hydrogen-bond acceptors (Lipinski definition) is 2. The number of aliphatic hydroxyl groups excluding tert-OH is 1. The SMILES string of the molecule is CC1CCCC(CO)(C(C)(C)O)C1. The average molecular weight is 186 g/mol. The second-order valence-electron chi connectivity index (χ2n) is 5.20. The van der Waals surface area contributed by atoms with Gasteiger partial charge in [0.2, 0.25) is 0 Å². The first-order valence-electron chi connectivity index (χ1n) is 5.24. The van der Waals surface area contributed by atoms with Gasteiger partial charge in [-0.2, -0.15) is 0 Å². The Balaban J connectivity index is 2.79. The molecule has 1 aliphatic rings. The monoisotopic (exact) mass is 186 g/mol. The predicted octanol–water partition coefficient (Wildman–Crippen LogP) is 1.95. The van der Waals surface area contributed by atoms with Gasteiger partial charge in [0, 0.05) is 5.41 Å². The first-order chi connectivity index (χ1) is 5.91. The number of hydrogen-bond donors (Lipinski definition) is 2. The highest BCUT2D eigenvalue weighted by Gasteiger charge is 2.45. The van der Waals surface area contributed by atoms with Gasteiger partial charge in [-0.15, -0.1) is 0 Å². The van der Waals surface area contributed by atoms with Crippen molar-refractivity contribution in [2.75, 3.05) is 6.61 Å². The van der Waals surface area contributed by atoms with Gasteiger partial charge in [-0.25, -0.2) is 0 Å². The normalized spacial score (nSPS) is 36.2. The molecule has 0 bridgehead atoms. The van der Waals surface area contributed by atoms with Gasteiger partial charge in [0.25, 0.3) is 0 Å². The molecule has 1 fully saturated rings. The summed E-state index contributed by atoms with van der Waals surface area (Å²) in [7, 11) is 0. The quantitative estimate of drug-likeness (QED) is 0.692. The summed E-state index contributed by atoms with van der Waals surface area (Å²) in [5.74, 6) is 0.632. The first-order valence-corrected chi connectivity index (χ1v) is 5.24.